The molecule has 100 valence electrons. The van der Waals surface area contributed by atoms with Crippen molar-refractivity contribution in [3.8, 4) is 0 Å². The standard InChI is InChI=1S/C13H16N4O2/c1-3-19-13(18)11-12(14)17(8-16-11)7-10-6-15-5-4-9(10)2/h4-6,8H,3,7,14H2,1-2H3. The van der Waals surface area contributed by atoms with Crippen molar-refractivity contribution in [3.05, 3.63) is 41.6 Å². The SMILES string of the molecule is CCOC(=O)c1ncn(Cc2cnccc2C)c1N. The average Bonchev–Trinajstić information content (AvgIpc) is 2.74. The lowest BCUT2D eigenvalue weighted by Gasteiger charge is -2.07. The molecule has 0 saturated heterocycles. The predicted octanol–water partition coefficient (Wildman–Crippen LogP) is 1.39. The number of carbonyl (C=O) groups is 1. The number of hydrogen-bond donors (Lipinski definition) is 1. The second-order valence-corrected chi connectivity index (χ2v) is 4.13. The summed E-state index contributed by atoms with van der Waals surface area (Å²) in [6.07, 6.45) is 5.05. The van der Waals surface area contributed by atoms with Gasteiger partial charge in [0.05, 0.1) is 19.5 Å². The van der Waals surface area contributed by atoms with Crippen molar-refractivity contribution in [2.24, 2.45) is 0 Å². The summed E-state index contributed by atoms with van der Waals surface area (Å²) in [7, 11) is 0. The molecule has 0 radical (unpaired) electrons. The van der Waals surface area contributed by atoms with Crippen molar-refractivity contribution in [2.45, 2.75) is 20.4 Å². The first-order valence-electron chi connectivity index (χ1n) is 6.00. The number of carbonyl (C=O) groups excluding carboxylic acids is 1. The first-order valence-corrected chi connectivity index (χ1v) is 6.00. The molecule has 2 heterocycles. The minimum atomic E-state index is -0.498. The van der Waals surface area contributed by atoms with E-state index in [4.69, 9.17) is 10.5 Å². The van der Waals surface area contributed by atoms with Crippen LogP contribution in [0.5, 0.6) is 0 Å². The Morgan fingerprint density at radius 3 is 3.00 bits per heavy atom. The van der Waals surface area contributed by atoms with E-state index in [1.807, 2.05) is 13.0 Å². The number of aromatic nitrogens is 3. The van der Waals surface area contributed by atoms with Gasteiger partial charge in [-0.15, -0.1) is 0 Å². The Labute approximate surface area is 111 Å². The third kappa shape index (κ3) is 2.73. The van der Waals surface area contributed by atoms with Crippen LogP contribution < -0.4 is 5.73 Å². The minimum absolute atomic E-state index is 0.156. The van der Waals surface area contributed by atoms with Crippen LogP contribution in [0, 0.1) is 6.92 Å². The molecular formula is C13H16N4O2. The van der Waals surface area contributed by atoms with E-state index < -0.39 is 5.97 Å². The molecule has 0 aliphatic heterocycles. The van der Waals surface area contributed by atoms with Crippen LogP contribution in [0.25, 0.3) is 0 Å². The summed E-state index contributed by atoms with van der Waals surface area (Å²) in [5.41, 5.74) is 8.21. The van der Waals surface area contributed by atoms with E-state index in [1.54, 1.807) is 23.9 Å². The fourth-order valence-electron chi connectivity index (χ4n) is 1.72. The number of hydrogen-bond acceptors (Lipinski definition) is 5. The van der Waals surface area contributed by atoms with Gasteiger partial charge in [0.1, 0.15) is 5.82 Å². The maximum Gasteiger partial charge on any atom is 0.360 e. The number of pyridine rings is 1. The van der Waals surface area contributed by atoms with Crippen molar-refractivity contribution >= 4 is 11.8 Å². The van der Waals surface area contributed by atoms with Gasteiger partial charge in [-0.2, -0.15) is 0 Å². The molecule has 0 aromatic carbocycles. The van der Waals surface area contributed by atoms with Crippen LogP contribution in [0.1, 0.15) is 28.5 Å². The van der Waals surface area contributed by atoms with Crippen LogP contribution in [0.2, 0.25) is 0 Å². The smallest absolute Gasteiger partial charge is 0.360 e. The number of imidazole rings is 1. The van der Waals surface area contributed by atoms with Crippen molar-refractivity contribution in [3.63, 3.8) is 0 Å². The Morgan fingerprint density at radius 1 is 1.53 bits per heavy atom. The summed E-state index contributed by atoms with van der Waals surface area (Å²) in [4.78, 5) is 19.7. The van der Waals surface area contributed by atoms with Gasteiger partial charge in [-0.3, -0.25) is 4.98 Å². The maximum atomic E-state index is 11.6. The molecule has 0 aliphatic rings. The number of nitrogens with two attached hydrogens (primary N) is 1. The van der Waals surface area contributed by atoms with Gasteiger partial charge in [-0.25, -0.2) is 9.78 Å². The van der Waals surface area contributed by atoms with Crippen molar-refractivity contribution in [2.75, 3.05) is 12.3 Å². The Hall–Kier alpha value is -2.37. The van der Waals surface area contributed by atoms with E-state index in [-0.39, 0.29) is 5.69 Å². The molecule has 0 atom stereocenters. The molecule has 2 aromatic heterocycles. The highest BCUT2D eigenvalue weighted by molar-refractivity contribution is 5.92. The van der Waals surface area contributed by atoms with E-state index in [2.05, 4.69) is 9.97 Å². The minimum Gasteiger partial charge on any atom is -0.461 e. The highest BCUT2D eigenvalue weighted by Crippen LogP contribution is 2.15. The van der Waals surface area contributed by atoms with Gasteiger partial charge in [-0.05, 0) is 31.0 Å². The third-order valence-corrected chi connectivity index (χ3v) is 2.84. The molecule has 6 nitrogen and oxygen atoms in total. The fraction of sp³-hybridized carbons (Fsp3) is 0.308. The molecule has 2 N–H and O–H groups in total. The average molecular weight is 260 g/mol. The molecule has 0 unspecified atom stereocenters. The van der Waals surface area contributed by atoms with E-state index in [1.165, 1.54) is 6.33 Å². The molecule has 0 bridgehead atoms. The van der Waals surface area contributed by atoms with Crippen molar-refractivity contribution in [1.29, 1.82) is 0 Å². The van der Waals surface area contributed by atoms with Crippen molar-refractivity contribution < 1.29 is 9.53 Å². The summed E-state index contributed by atoms with van der Waals surface area (Å²) in [5.74, 6) is -0.191. The van der Waals surface area contributed by atoms with Gasteiger partial charge in [0.15, 0.2) is 5.69 Å². The number of rotatable bonds is 4. The molecule has 0 amide bonds. The molecule has 0 spiro atoms. The molecular weight excluding hydrogens is 244 g/mol. The normalized spacial score (nSPS) is 10.4. The first-order chi connectivity index (χ1) is 9.13. The topological polar surface area (TPSA) is 83.0 Å². The van der Waals surface area contributed by atoms with Crippen LogP contribution in [-0.4, -0.2) is 27.1 Å². The molecule has 0 fully saturated rings. The number of nitrogen functional groups attached to an aromatic ring is 1. The molecule has 19 heavy (non-hydrogen) atoms. The van der Waals surface area contributed by atoms with Crippen LogP contribution in [-0.2, 0) is 11.3 Å². The fourth-order valence-corrected chi connectivity index (χ4v) is 1.72. The van der Waals surface area contributed by atoms with Gasteiger partial charge in [-0.1, -0.05) is 0 Å². The van der Waals surface area contributed by atoms with Gasteiger partial charge in [0.2, 0.25) is 0 Å². The predicted molar refractivity (Wildman–Crippen MR) is 70.7 cm³/mol. The van der Waals surface area contributed by atoms with E-state index in [0.29, 0.717) is 19.0 Å². The number of ether oxygens (including phenoxy) is 1. The Kier molecular flexibility index (Phi) is 3.79. The monoisotopic (exact) mass is 260 g/mol. The molecule has 2 rings (SSSR count). The van der Waals surface area contributed by atoms with E-state index in [9.17, 15) is 4.79 Å². The lowest BCUT2D eigenvalue weighted by Crippen LogP contribution is -2.10. The highest BCUT2D eigenvalue weighted by Gasteiger charge is 2.17. The summed E-state index contributed by atoms with van der Waals surface area (Å²) >= 11 is 0. The quantitative estimate of drug-likeness (QED) is 0.840. The molecule has 0 aliphatic carbocycles. The Balaban J connectivity index is 2.23. The zero-order valence-corrected chi connectivity index (χ0v) is 11.0. The Morgan fingerprint density at radius 2 is 2.32 bits per heavy atom. The molecule has 0 saturated carbocycles. The van der Waals surface area contributed by atoms with Crippen LogP contribution >= 0.6 is 0 Å². The lowest BCUT2D eigenvalue weighted by molar-refractivity contribution is 0.0521. The van der Waals surface area contributed by atoms with Crippen LogP contribution in [0.3, 0.4) is 0 Å². The maximum absolute atomic E-state index is 11.6. The van der Waals surface area contributed by atoms with Crippen LogP contribution in [0.15, 0.2) is 24.8 Å². The largest absolute Gasteiger partial charge is 0.461 e. The zero-order valence-electron chi connectivity index (χ0n) is 11.0. The lowest BCUT2D eigenvalue weighted by atomic mass is 10.1. The molecule has 2 aromatic rings. The van der Waals surface area contributed by atoms with Crippen molar-refractivity contribution in [1.82, 2.24) is 14.5 Å². The second-order valence-electron chi connectivity index (χ2n) is 4.13. The van der Waals surface area contributed by atoms with Gasteiger partial charge < -0.3 is 15.0 Å². The summed E-state index contributed by atoms with van der Waals surface area (Å²) in [6.45, 7) is 4.56. The number of nitrogens with zero attached hydrogens (tertiary/aromatic N) is 3. The van der Waals surface area contributed by atoms with E-state index >= 15 is 0 Å². The summed E-state index contributed by atoms with van der Waals surface area (Å²) < 4.78 is 6.59. The van der Waals surface area contributed by atoms with Gasteiger partial charge in [0.25, 0.3) is 0 Å². The van der Waals surface area contributed by atoms with Gasteiger partial charge >= 0.3 is 5.97 Å². The first kappa shape index (κ1) is 13.1. The van der Waals surface area contributed by atoms with Crippen LogP contribution in [0.4, 0.5) is 5.82 Å². The molecule has 6 heteroatoms. The summed E-state index contributed by atoms with van der Waals surface area (Å²) in [6, 6.07) is 1.93. The number of anilines is 1. The second kappa shape index (κ2) is 5.51. The number of esters is 1. The van der Waals surface area contributed by atoms with E-state index in [0.717, 1.165) is 11.1 Å². The Bertz CT molecular complexity index is 592. The third-order valence-electron chi connectivity index (χ3n) is 2.84. The zero-order chi connectivity index (χ0) is 13.8. The van der Waals surface area contributed by atoms with Gasteiger partial charge in [0, 0.05) is 12.4 Å². The highest BCUT2D eigenvalue weighted by atomic mass is 16.5. The number of aryl methyl sites for hydroxylation is 1. The summed E-state index contributed by atoms with van der Waals surface area (Å²) in [5, 5.41) is 0.